The number of hydrogen-bond donors (Lipinski definition) is 0. The van der Waals surface area contributed by atoms with E-state index in [1.807, 2.05) is 12.1 Å². The summed E-state index contributed by atoms with van der Waals surface area (Å²) in [5.41, 5.74) is 2.39. The molecule has 0 atom stereocenters. The molecule has 1 aliphatic rings. The Morgan fingerprint density at radius 3 is 2.15 bits per heavy atom. The summed E-state index contributed by atoms with van der Waals surface area (Å²) in [4.78, 5) is 15.4. The summed E-state index contributed by atoms with van der Waals surface area (Å²) in [6, 6.07) is 14.4. The lowest BCUT2D eigenvalue weighted by molar-refractivity contribution is -0.150. The number of benzene rings is 2. The van der Waals surface area contributed by atoms with Gasteiger partial charge in [-0.2, -0.15) is 0 Å². The number of likely N-dealkylation sites (N-methyl/N-ethyl adjacent to an activating group) is 1. The van der Waals surface area contributed by atoms with Crippen LogP contribution in [0, 0.1) is 5.82 Å². The second-order valence-electron chi connectivity index (χ2n) is 6.87. The minimum Gasteiger partial charge on any atom is -0.464 e. The maximum atomic E-state index is 13.4. The van der Waals surface area contributed by atoms with Gasteiger partial charge in [0.05, 0.1) is 0 Å². The number of rotatable bonds is 7. The van der Waals surface area contributed by atoms with Crippen molar-refractivity contribution in [2.45, 2.75) is 32.1 Å². The Morgan fingerprint density at radius 1 is 1.04 bits per heavy atom. The summed E-state index contributed by atoms with van der Waals surface area (Å²) in [7, 11) is 0. The zero-order valence-electron chi connectivity index (χ0n) is 15.5. The molecule has 138 valence electrons. The summed E-state index contributed by atoms with van der Waals surface area (Å²) in [5.74, 6) is -0.512. The van der Waals surface area contributed by atoms with Crippen LogP contribution in [0.5, 0.6) is 0 Å². The number of halogens is 1. The van der Waals surface area contributed by atoms with Crippen molar-refractivity contribution in [1.29, 1.82) is 0 Å². The Balaban J connectivity index is 1.83. The molecule has 0 saturated carbocycles. The van der Waals surface area contributed by atoms with Crippen molar-refractivity contribution in [3.05, 3.63) is 71.0 Å². The van der Waals surface area contributed by atoms with E-state index in [2.05, 4.69) is 30.9 Å². The van der Waals surface area contributed by atoms with Crippen LogP contribution >= 0.6 is 0 Å². The van der Waals surface area contributed by atoms with E-state index in [4.69, 9.17) is 4.74 Å². The molecule has 2 aromatic carbocycles. The molecule has 0 spiro atoms. The topological polar surface area (TPSA) is 29.5 Å². The maximum absolute atomic E-state index is 13.4. The predicted octanol–water partition coefficient (Wildman–Crippen LogP) is 3.75. The fraction of sp³-hybridized carbons (Fsp3) is 0.409. The number of hydrogen-bond acceptors (Lipinski definition) is 3. The highest BCUT2D eigenvalue weighted by Crippen LogP contribution is 2.41. The lowest BCUT2D eigenvalue weighted by atomic mass is 9.77. The van der Waals surface area contributed by atoms with Gasteiger partial charge in [0.15, 0.2) is 0 Å². The van der Waals surface area contributed by atoms with Gasteiger partial charge in [-0.3, -0.25) is 4.79 Å². The molecular weight excluding hydrogens is 329 g/mol. The van der Waals surface area contributed by atoms with Crippen molar-refractivity contribution in [2.24, 2.45) is 0 Å². The number of carbonyl (C=O) groups is 1. The molecular formula is C22H26FNO2. The number of ether oxygens (including phenoxy) is 1. The smallest absolute Gasteiger partial charge is 0.317 e. The van der Waals surface area contributed by atoms with Gasteiger partial charge < -0.3 is 9.64 Å². The minimum atomic E-state index is -0.763. The molecule has 0 heterocycles. The molecule has 0 bridgehead atoms. The van der Waals surface area contributed by atoms with Crippen LogP contribution in [0.2, 0.25) is 0 Å². The monoisotopic (exact) mass is 355 g/mol. The van der Waals surface area contributed by atoms with Crippen LogP contribution < -0.4 is 0 Å². The quantitative estimate of drug-likeness (QED) is 0.709. The molecule has 0 aliphatic heterocycles. The first-order valence-corrected chi connectivity index (χ1v) is 9.31. The lowest BCUT2D eigenvalue weighted by Crippen LogP contribution is -2.40. The van der Waals surface area contributed by atoms with Crippen molar-refractivity contribution >= 4 is 5.97 Å². The van der Waals surface area contributed by atoms with E-state index in [1.54, 1.807) is 12.1 Å². The molecule has 0 aromatic heterocycles. The van der Waals surface area contributed by atoms with E-state index in [0.29, 0.717) is 19.4 Å². The first kappa shape index (κ1) is 18.6. The standard InChI is InChI=1S/C22H26FNO2/c1-3-24(4-2)13-14-26-21(25)22(19-9-11-20(23)12-10-19)15-17-7-5-6-8-18(17)16-22/h5-12H,3-4,13-16H2,1-2H3. The average molecular weight is 355 g/mol. The van der Waals surface area contributed by atoms with Gasteiger partial charge in [0.2, 0.25) is 0 Å². The van der Waals surface area contributed by atoms with Crippen molar-refractivity contribution in [2.75, 3.05) is 26.2 Å². The second kappa shape index (κ2) is 8.00. The second-order valence-corrected chi connectivity index (χ2v) is 6.87. The van der Waals surface area contributed by atoms with Gasteiger partial charge in [-0.15, -0.1) is 0 Å². The molecule has 4 heteroatoms. The summed E-state index contributed by atoms with van der Waals surface area (Å²) in [6.45, 7) is 7.16. The molecule has 0 saturated heterocycles. The molecule has 0 radical (unpaired) electrons. The Kier molecular flexibility index (Phi) is 5.72. The fourth-order valence-corrected chi connectivity index (χ4v) is 3.80. The average Bonchev–Trinajstić information content (AvgIpc) is 3.06. The van der Waals surface area contributed by atoms with E-state index in [0.717, 1.165) is 36.3 Å². The molecule has 3 rings (SSSR count). The first-order valence-electron chi connectivity index (χ1n) is 9.31. The molecule has 0 fully saturated rings. The highest BCUT2D eigenvalue weighted by molar-refractivity contribution is 5.85. The van der Waals surface area contributed by atoms with Crippen LogP contribution in [0.4, 0.5) is 4.39 Å². The molecule has 1 aliphatic carbocycles. The van der Waals surface area contributed by atoms with E-state index in [9.17, 15) is 9.18 Å². The first-order chi connectivity index (χ1) is 12.6. The summed E-state index contributed by atoms with van der Waals surface area (Å²) in [5, 5.41) is 0. The third-order valence-corrected chi connectivity index (χ3v) is 5.43. The number of fused-ring (bicyclic) bond motifs is 1. The highest BCUT2D eigenvalue weighted by atomic mass is 19.1. The zero-order chi connectivity index (χ0) is 18.6. The molecule has 2 aromatic rings. The summed E-state index contributed by atoms with van der Waals surface area (Å²) < 4.78 is 19.1. The van der Waals surface area contributed by atoms with Gasteiger partial charge in [-0.1, -0.05) is 50.2 Å². The Bertz CT molecular complexity index is 728. The van der Waals surface area contributed by atoms with Gasteiger partial charge in [-0.05, 0) is 54.8 Å². The summed E-state index contributed by atoms with van der Waals surface area (Å²) in [6.07, 6.45) is 1.19. The van der Waals surface area contributed by atoms with Crippen LogP contribution in [-0.2, 0) is 27.8 Å². The Morgan fingerprint density at radius 2 is 1.62 bits per heavy atom. The van der Waals surface area contributed by atoms with E-state index >= 15 is 0 Å². The highest BCUT2D eigenvalue weighted by Gasteiger charge is 2.46. The van der Waals surface area contributed by atoms with E-state index in [-0.39, 0.29) is 11.8 Å². The fourth-order valence-electron chi connectivity index (χ4n) is 3.80. The van der Waals surface area contributed by atoms with Crippen molar-refractivity contribution in [3.8, 4) is 0 Å². The van der Waals surface area contributed by atoms with Crippen LogP contribution in [0.15, 0.2) is 48.5 Å². The minimum absolute atomic E-state index is 0.215. The van der Waals surface area contributed by atoms with Crippen LogP contribution in [0.3, 0.4) is 0 Å². The van der Waals surface area contributed by atoms with Gasteiger partial charge in [0.1, 0.15) is 17.8 Å². The molecule has 0 amide bonds. The zero-order valence-corrected chi connectivity index (χ0v) is 15.5. The molecule has 3 nitrogen and oxygen atoms in total. The van der Waals surface area contributed by atoms with E-state index < -0.39 is 5.41 Å². The lowest BCUT2D eigenvalue weighted by Gasteiger charge is -2.28. The SMILES string of the molecule is CCN(CC)CCOC(=O)C1(c2ccc(F)cc2)Cc2ccccc2C1. The van der Waals surface area contributed by atoms with Crippen LogP contribution in [-0.4, -0.2) is 37.1 Å². The van der Waals surface area contributed by atoms with E-state index in [1.165, 1.54) is 12.1 Å². The third kappa shape index (κ3) is 3.65. The van der Waals surface area contributed by atoms with Crippen LogP contribution in [0.1, 0.15) is 30.5 Å². The normalized spacial score (nSPS) is 15.1. The Hall–Kier alpha value is -2.20. The Labute approximate surface area is 154 Å². The van der Waals surface area contributed by atoms with Gasteiger partial charge in [0, 0.05) is 6.54 Å². The van der Waals surface area contributed by atoms with Crippen LogP contribution in [0.25, 0.3) is 0 Å². The maximum Gasteiger partial charge on any atom is 0.317 e. The molecule has 0 unspecified atom stereocenters. The largest absolute Gasteiger partial charge is 0.464 e. The van der Waals surface area contributed by atoms with Gasteiger partial charge in [-0.25, -0.2) is 4.39 Å². The van der Waals surface area contributed by atoms with Crippen molar-refractivity contribution in [3.63, 3.8) is 0 Å². The summed E-state index contributed by atoms with van der Waals surface area (Å²) >= 11 is 0. The number of nitrogens with zero attached hydrogens (tertiary/aromatic N) is 1. The van der Waals surface area contributed by atoms with Crippen molar-refractivity contribution in [1.82, 2.24) is 4.90 Å². The third-order valence-electron chi connectivity index (χ3n) is 5.43. The predicted molar refractivity (Wildman–Crippen MR) is 101 cm³/mol. The number of esters is 1. The van der Waals surface area contributed by atoms with Gasteiger partial charge in [0.25, 0.3) is 0 Å². The van der Waals surface area contributed by atoms with Gasteiger partial charge >= 0.3 is 5.97 Å². The number of carbonyl (C=O) groups excluding carboxylic acids is 1. The molecule has 0 N–H and O–H groups in total. The molecule has 26 heavy (non-hydrogen) atoms. The van der Waals surface area contributed by atoms with Crippen molar-refractivity contribution < 1.29 is 13.9 Å².